The lowest BCUT2D eigenvalue weighted by molar-refractivity contribution is 1.26. The molecule has 2 heterocycles. The topological polar surface area (TPSA) is 49.6 Å². The maximum atomic E-state index is 8.85. The van der Waals surface area contributed by atoms with Crippen LogP contribution in [0, 0.1) is 17.5 Å². The molecule has 0 aromatic carbocycles. The van der Waals surface area contributed by atoms with Gasteiger partial charge in [-0.05, 0) is 18.2 Å². The predicted molar refractivity (Wildman–Crippen MR) is 51.0 cm³/mol. The fourth-order valence-electron chi connectivity index (χ4n) is 1.18. The molecule has 0 fully saturated rings. The van der Waals surface area contributed by atoms with Crippen LogP contribution in [0.25, 0.3) is 11.3 Å². The molecular weight excluding hydrogens is 174 g/mol. The van der Waals surface area contributed by atoms with E-state index < -0.39 is 0 Å². The summed E-state index contributed by atoms with van der Waals surface area (Å²) in [5.74, 6) is 0. The lowest BCUT2D eigenvalue weighted by Crippen LogP contribution is -1.87. The molecule has 3 nitrogen and oxygen atoms in total. The largest absolute Gasteiger partial charge is 0.263 e. The van der Waals surface area contributed by atoms with Crippen molar-refractivity contribution >= 4 is 0 Å². The maximum absolute atomic E-state index is 8.85. The zero-order valence-electron chi connectivity index (χ0n) is 7.31. The number of nitriles is 1. The summed E-state index contributed by atoms with van der Waals surface area (Å²) in [5.41, 5.74) is 2.06. The molecular formula is C11H6N3. The van der Waals surface area contributed by atoms with Crippen LogP contribution in [-0.2, 0) is 0 Å². The van der Waals surface area contributed by atoms with Crippen LogP contribution in [0.2, 0.25) is 0 Å². The van der Waals surface area contributed by atoms with Gasteiger partial charge in [-0.1, -0.05) is 6.07 Å². The molecule has 3 heteroatoms. The van der Waals surface area contributed by atoms with Crippen molar-refractivity contribution in [2.24, 2.45) is 0 Å². The Balaban J connectivity index is 2.58. The maximum Gasteiger partial charge on any atom is 0.101 e. The van der Waals surface area contributed by atoms with Gasteiger partial charge < -0.3 is 0 Å². The SMILES string of the molecule is N#Cc1cnccc1-c1ccc[c]n1. The first-order chi connectivity index (χ1) is 6.92. The number of hydrogen-bond acceptors (Lipinski definition) is 3. The van der Waals surface area contributed by atoms with Crippen LogP contribution in [0.5, 0.6) is 0 Å². The Hall–Kier alpha value is -2.21. The molecule has 14 heavy (non-hydrogen) atoms. The van der Waals surface area contributed by atoms with E-state index in [0.29, 0.717) is 5.56 Å². The monoisotopic (exact) mass is 180 g/mol. The molecule has 0 saturated carbocycles. The molecule has 2 rings (SSSR count). The van der Waals surface area contributed by atoms with Crippen LogP contribution in [0.1, 0.15) is 5.56 Å². The molecule has 0 N–H and O–H groups in total. The highest BCUT2D eigenvalue weighted by Crippen LogP contribution is 2.18. The van der Waals surface area contributed by atoms with Gasteiger partial charge in [-0.2, -0.15) is 5.26 Å². The van der Waals surface area contributed by atoms with Gasteiger partial charge in [0.25, 0.3) is 0 Å². The molecule has 65 valence electrons. The van der Waals surface area contributed by atoms with Crippen molar-refractivity contribution in [1.82, 2.24) is 9.97 Å². The van der Waals surface area contributed by atoms with Crippen molar-refractivity contribution in [1.29, 1.82) is 5.26 Å². The van der Waals surface area contributed by atoms with Gasteiger partial charge in [-0.15, -0.1) is 0 Å². The highest BCUT2D eigenvalue weighted by atomic mass is 14.7. The van der Waals surface area contributed by atoms with Gasteiger partial charge in [0.1, 0.15) is 6.07 Å². The van der Waals surface area contributed by atoms with E-state index >= 15 is 0 Å². The van der Waals surface area contributed by atoms with E-state index in [4.69, 9.17) is 5.26 Å². The van der Waals surface area contributed by atoms with Crippen molar-refractivity contribution in [2.45, 2.75) is 0 Å². The number of rotatable bonds is 1. The van der Waals surface area contributed by atoms with Crippen LogP contribution < -0.4 is 0 Å². The lowest BCUT2D eigenvalue weighted by atomic mass is 10.1. The second-order valence-corrected chi connectivity index (χ2v) is 2.68. The van der Waals surface area contributed by atoms with E-state index in [1.54, 1.807) is 18.3 Å². The molecule has 0 aliphatic carbocycles. The second-order valence-electron chi connectivity index (χ2n) is 2.68. The van der Waals surface area contributed by atoms with Crippen molar-refractivity contribution < 1.29 is 0 Å². The Morgan fingerprint density at radius 1 is 1.36 bits per heavy atom. The summed E-state index contributed by atoms with van der Waals surface area (Å²) in [4.78, 5) is 7.93. The smallest absolute Gasteiger partial charge is 0.101 e. The summed E-state index contributed by atoms with van der Waals surface area (Å²) < 4.78 is 0. The van der Waals surface area contributed by atoms with E-state index in [0.717, 1.165) is 11.3 Å². The summed E-state index contributed by atoms with van der Waals surface area (Å²) in [6.45, 7) is 0. The highest BCUT2D eigenvalue weighted by molar-refractivity contribution is 5.65. The minimum atomic E-state index is 0.527. The Morgan fingerprint density at radius 2 is 2.29 bits per heavy atom. The number of nitrogens with zero attached hydrogens (tertiary/aromatic N) is 3. The average molecular weight is 180 g/mol. The summed E-state index contributed by atoms with van der Waals surface area (Å²) in [6, 6.07) is 9.25. The van der Waals surface area contributed by atoms with E-state index in [1.807, 2.05) is 12.1 Å². The van der Waals surface area contributed by atoms with Crippen LogP contribution >= 0.6 is 0 Å². The van der Waals surface area contributed by atoms with Gasteiger partial charge in [0.05, 0.1) is 17.5 Å². The van der Waals surface area contributed by atoms with Gasteiger partial charge >= 0.3 is 0 Å². The third kappa shape index (κ3) is 1.46. The Kier molecular flexibility index (Phi) is 2.20. The molecule has 0 saturated heterocycles. The second kappa shape index (κ2) is 3.67. The zero-order chi connectivity index (χ0) is 9.80. The molecule has 2 aromatic heterocycles. The first kappa shape index (κ1) is 8.39. The first-order valence-corrected chi connectivity index (χ1v) is 4.09. The average Bonchev–Trinajstić information content (AvgIpc) is 2.30. The molecule has 0 bridgehead atoms. The standard InChI is InChI=1S/C11H6N3/c12-7-9-8-13-6-4-10(9)11-3-1-2-5-14-11/h1-4,6,8H. The molecule has 1 radical (unpaired) electrons. The zero-order valence-corrected chi connectivity index (χ0v) is 7.31. The fourth-order valence-corrected chi connectivity index (χ4v) is 1.18. The van der Waals surface area contributed by atoms with Crippen LogP contribution in [0.4, 0.5) is 0 Å². The van der Waals surface area contributed by atoms with Crippen LogP contribution in [0.15, 0.2) is 36.7 Å². The van der Waals surface area contributed by atoms with Crippen LogP contribution in [-0.4, -0.2) is 9.97 Å². The first-order valence-electron chi connectivity index (χ1n) is 4.09. The van der Waals surface area contributed by atoms with Crippen molar-refractivity contribution in [3.05, 3.63) is 48.4 Å². The number of hydrogen-bond donors (Lipinski definition) is 0. The predicted octanol–water partition coefficient (Wildman–Crippen LogP) is 1.82. The molecule has 0 unspecified atom stereocenters. The Labute approximate surface area is 81.7 Å². The van der Waals surface area contributed by atoms with Gasteiger partial charge in [0.15, 0.2) is 0 Å². The van der Waals surface area contributed by atoms with Crippen LogP contribution in [0.3, 0.4) is 0 Å². The van der Waals surface area contributed by atoms with E-state index in [2.05, 4.69) is 22.2 Å². The summed E-state index contributed by atoms with van der Waals surface area (Å²) in [6.07, 6.45) is 5.91. The molecule has 0 amide bonds. The minimum absolute atomic E-state index is 0.527. The van der Waals surface area contributed by atoms with E-state index in [-0.39, 0.29) is 0 Å². The molecule has 0 aliphatic heterocycles. The molecule has 0 spiro atoms. The third-order valence-corrected chi connectivity index (χ3v) is 1.83. The summed E-state index contributed by atoms with van der Waals surface area (Å²) in [7, 11) is 0. The fraction of sp³-hybridized carbons (Fsp3) is 0. The molecule has 0 atom stereocenters. The Bertz CT molecular complexity index is 471. The van der Waals surface area contributed by atoms with Gasteiger partial charge in [0, 0.05) is 18.0 Å². The third-order valence-electron chi connectivity index (χ3n) is 1.83. The van der Waals surface area contributed by atoms with E-state index in [9.17, 15) is 0 Å². The lowest BCUT2D eigenvalue weighted by Gasteiger charge is -2.00. The highest BCUT2D eigenvalue weighted by Gasteiger charge is 2.03. The van der Waals surface area contributed by atoms with Crippen molar-refractivity contribution in [3.63, 3.8) is 0 Å². The molecule has 0 aliphatic rings. The number of pyridine rings is 2. The summed E-state index contributed by atoms with van der Waals surface area (Å²) >= 11 is 0. The van der Waals surface area contributed by atoms with E-state index in [1.165, 1.54) is 6.20 Å². The van der Waals surface area contributed by atoms with Gasteiger partial charge in [0.2, 0.25) is 0 Å². The van der Waals surface area contributed by atoms with Gasteiger partial charge in [-0.3, -0.25) is 4.98 Å². The summed E-state index contributed by atoms with van der Waals surface area (Å²) in [5, 5.41) is 8.85. The minimum Gasteiger partial charge on any atom is -0.263 e. The molecule has 2 aromatic rings. The van der Waals surface area contributed by atoms with Crippen molar-refractivity contribution in [3.8, 4) is 17.3 Å². The Morgan fingerprint density at radius 3 is 3.00 bits per heavy atom. The van der Waals surface area contributed by atoms with Crippen molar-refractivity contribution in [2.75, 3.05) is 0 Å². The normalized spacial score (nSPS) is 9.36. The quantitative estimate of drug-likeness (QED) is 0.672. The number of aromatic nitrogens is 2. The van der Waals surface area contributed by atoms with Gasteiger partial charge in [-0.25, -0.2) is 4.98 Å².